The summed E-state index contributed by atoms with van der Waals surface area (Å²) in [5.74, 6) is 4.21. The van der Waals surface area contributed by atoms with Crippen molar-refractivity contribution >= 4 is 17.3 Å². The minimum atomic E-state index is -0.123. The molecule has 5 aliphatic rings. The van der Waals surface area contributed by atoms with Crippen LogP contribution in [0.1, 0.15) is 107 Å². The van der Waals surface area contributed by atoms with Crippen LogP contribution in [0.3, 0.4) is 0 Å². The highest BCUT2D eigenvalue weighted by Crippen LogP contribution is 2.66. The zero-order valence-electron chi connectivity index (χ0n) is 28.4. The summed E-state index contributed by atoms with van der Waals surface area (Å²) in [4.78, 5) is 9.76. The van der Waals surface area contributed by atoms with Crippen LogP contribution in [0.2, 0.25) is 5.02 Å². The summed E-state index contributed by atoms with van der Waals surface area (Å²) in [6.45, 7) is 11.3. The first-order valence-electron chi connectivity index (χ1n) is 17.5. The molecule has 4 bridgehead atoms. The van der Waals surface area contributed by atoms with Gasteiger partial charge < -0.3 is 13.8 Å². The van der Waals surface area contributed by atoms with Crippen molar-refractivity contribution in [1.82, 2.24) is 25.2 Å². The lowest BCUT2D eigenvalue weighted by Gasteiger charge is -2.63. The number of fused-ring (bicyclic) bond motifs is 1. The number of aromatic nitrogens is 4. The molecule has 0 radical (unpaired) electrons. The zero-order valence-corrected chi connectivity index (χ0v) is 29.2. The van der Waals surface area contributed by atoms with E-state index in [1.165, 1.54) is 44.2 Å². The first-order chi connectivity index (χ1) is 22.5. The van der Waals surface area contributed by atoms with Crippen molar-refractivity contribution < 1.29 is 8.94 Å². The Balaban J connectivity index is 1.05. The van der Waals surface area contributed by atoms with Gasteiger partial charge in [0.25, 0.3) is 0 Å². The summed E-state index contributed by atoms with van der Waals surface area (Å²) >= 11 is 6.42. The van der Waals surface area contributed by atoms with E-state index < -0.39 is 0 Å². The Labute approximate surface area is 283 Å². The molecule has 0 saturated heterocycles. The normalized spacial score (nSPS) is 27.4. The molecule has 0 N–H and O–H groups in total. The molecule has 0 spiro atoms. The summed E-state index contributed by atoms with van der Waals surface area (Å²) in [7, 11) is 2.26. The number of halogens is 1. The van der Waals surface area contributed by atoms with Gasteiger partial charge >= 0.3 is 0 Å². The van der Waals surface area contributed by atoms with Crippen LogP contribution in [0.4, 0.5) is 5.69 Å². The Morgan fingerprint density at radius 2 is 1.83 bits per heavy atom. The van der Waals surface area contributed by atoms with Crippen LogP contribution in [-0.4, -0.2) is 45.4 Å². The van der Waals surface area contributed by atoms with E-state index in [0.717, 1.165) is 55.0 Å². The molecule has 3 unspecified atom stereocenters. The van der Waals surface area contributed by atoms with Crippen molar-refractivity contribution in [1.29, 1.82) is 0 Å². The summed E-state index contributed by atoms with van der Waals surface area (Å²) in [5, 5.41) is 13.7. The highest BCUT2D eigenvalue weighted by molar-refractivity contribution is 6.33. The summed E-state index contributed by atoms with van der Waals surface area (Å²) in [5.41, 5.74) is 5.71. The zero-order chi connectivity index (χ0) is 32.6. The fourth-order valence-electron chi connectivity index (χ4n) is 10.1. The van der Waals surface area contributed by atoms with Gasteiger partial charge in [-0.25, -0.2) is 0 Å². The molecule has 4 aliphatic carbocycles. The van der Waals surface area contributed by atoms with Gasteiger partial charge in [-0.3, -0.25) is 4.90 Å². The number of benzene rings is 2. The lowest BCUT2D eigenvalue weighted by molar-refractivity contribution is -0.0883. The fourth-order valence-corrected chi connectivity index (χ4v) is 10.3. The van der Waals surface area contributed by atoms with Crippen molar-refractivity contribution in [2.45, 2.75) is 102 Å². The van der Waals surface area contributed by atoms with E-state index in [9.17, 15) is 0 Å². The second-order valence-electron chi connectivity index (χ2n) is 16.3. The predicted molar refractivity (Wildman–Crippen MR) is 183 cm³/mol. The smallest absolute Gasteiger partial charge is 0.249 e. The van der Waals surface area contributed by atoms with E-state index in [-0.39, 0.29) is 16.9 Å². The van der Waals surface area contributed by atoms with Crippen LogP contribution in [0.5, 0.6) is 0 Å². The Hall–Kier alpha value is -3.23. The van der Waals surface area contributed by atoms with Gasteiger partial charge in [-0.05, 0) is 117 Å². The molecule has 248 valence electrons. The van der Waals surface area contributed by atoms with Gasteiger partial charge in [-0.15, -0.1) is 10.2 Å². The third-order valence-corrected chi connectivity index (χ3v) is 12.0. The van der Waals surface area contributed by atoms with Crippen molar-refractivity contribution in [3.8, 4) is 11.5 Å². The topological polar surface area (TPSA) is 84.3 Å². The van der Waals surface area contributed by atoms with Crippen LogP contribution in [0.25, 0.3) is 11.5 Å². The Kier molecular flexibility index (Phi) is 7.56. The fraction of sp³-hybridized carbons (Fsp3) is 0.579. The molecule has 4 aromatic rings. The Morgan fingerprint density at radius 1 is 1.04 bits per heavy atom. The third-order valence-electron chi connectivity index (χ3n) is 11.7. The predicted octanol–water partition coefficient (Wildman–Crippen LogP) is 8.55. The van der Waals surface area contributed by atoms with Gasteiger partial charge in [0.05, 0.1) is 23.2 Å². The maximum absolute atomic E-state index is 6.42. The van der Waals surface area contributed by atoms with Crippen LogP contribution in [-0.2, 0) is 23.8 Å². The molecular weight excluding hydrogens is 608 g/mol. The molecule has 2 aromatic heterocycles. The van der Waals surface area contributed by atoms with Crippen LogP contribution in [0.15, 0.2) is 51.4 Å². The molecule has 8 nitrogen and oxygen atoms in total. The maximum Gasteiger partial charge on any atom is 0.249 e. The summed E-state index contributed by atoms with van der Waals surface area (Å²) < 4.78 is 11.9. The first kappa shape index (κ1) is 31.1. The summed E-state index contributed by atoms with van der Waals surface area (Å²) in [6, 6.07) is 14.8. The number of nitrogens with zero attached hydrogens (tertiary/aromatic N) is 6. The molecule has 9 rings (SSSR count). The van der Waals surface area contributed by atoms with Crippen molar-refractivity contribution in [2.75, 3.05) is 25.0 Å². The minimum absolute atomic E-state index is 0.0868. The van der Waals surface area contributed by atoms with Crippen LogP contribution < -0.4 is 4.90 Å². The van der Waals surface area contributed by atoms with Crippen LogP contribution >= 0.6 is 11.6 Å². The van der Waals surface area contributed by atoms with Gasteiger partial charge in [0.1, 0.15) is 0 Å². The molecule has 47 heavy (non-hydrogen) atoms. The van der Waals surface area contributed by atoms with Gasteiger partial charge in [0, 0.05) is 24.2 Å². The molecule has 4 fully saturated rings. The van der Waals surface area contributed by atoms with Gasteiger partial charge in [-0.2, -0.15) is 4.98 Å². The van der Waals surface area contributed by atoms with Crippen molar-refractivity contribution in [3.05, 3.63) is 76.2 Å². The van der Waals surface area contributed by atoms with Gasteiger partial charge in [0.2, 0.25) is 17.7 Å². The van der Waals surface area contributed by atoms with Gasteiger partial charge in [-0.1, -0.05) is 61.8 Å². The Morgan fingerprint density at radius 3 is 2.57 bits per heavy atom. The molecule has 1 aliphatic heterocycles. The largest absolute Gasteiger partial charge is 0.419 e. The van der Waals surface area contributed by atoms with E-state index in [4.69, 9.17) is 25.5 Å². The molecule has 2 aromatic carbocycles. The second-order valence-corrected chi connectivity index (χ2v) is 16.8. The SMILES string of the molecule is CC(c1nc(C(C)(C)C)no1)N(C)CC12CC3CC(C1)CC(c1cccc4c1CCCN4Cc1nnc(-c4ccccc4Cl)o1)(C3)C2. The molecule has 3 heterocycles. The average molecular weight is 655 g/mol. The van der Waals surface area contributed by atoms with E-state index in [2.05, 4.69) is 78.1 Å². The van der Waals surface area contributed by atoms with Crippen LogP contribution in [0, 0.1) is 17.3 Å². The number of rotatable bonds is 8. The second kappa shape index (κ2) is 11.4. The molecule has 3 atom stereocenters. The highest BCUT2D eigenvalue weighted by atomic mass is 35.5. The van der Waals surface area contributed by atoms with E-state index in [0.29, 0.717) is 28.8 Å². The summed E-state index contributed by atoms with van der Waals surface area (Å²) in [6.07, 6.45) is 10.2. The molecular formula is C38H47ClN6O2. The molecule has 9 heteroatoms. The lowest BCUT2D eigenvalue weighted by Crippen LogP contribution is -2.57. The highest BCUT2D eigenvalue weighted by Gasteiger charge is 2.59. The van der Waals surface area contributed by atoms with Crippen molar-refractivity contribution in [2.24, 2.45) is 17.3 Å². The first-order valence-corrected chi connectivity index (χ1v) is 17.9. The lowest BCUT2D eigenvalue weighted by atomic mass is 9.42. The quantitative estimate of drug-likeness (QED) is 0.187. The van der Waals surface area contributed by atoms with E-state index >= 15 is 0 Å². The average Bonchev–Trinajstić information content (AvgIpc) is 3.71. The molecule has 0 amide bonds. The van der Waals surface area contributed by atoms with E-state index in [1.54, 1.807) is 11.1 Å². The third kappa shape index (κ3) is 5.59. The molecule has 4 saturated carbocycles. The number of anilines is 1. The number of hydrogen-bond donors (Lipinski definition) is 0. The van der Waals surface area contributed by atoms with Crippen molar-refractivity contribution in [3.63, 3.8) is 0 Å². The standard InChI is InChI=1S/C38H47ClN6O2/c1-24(33-40-35(43-47-33)36(2,3)4)44(5)23-37-17-25-16-26(18-37)20-38(19-25,22-37)29-12-8-14-31-27(29)11-9-15-45(31)21-32-41-42-34(46-32)28-10-6-7-13-30(28)39/h6-8,10,12-14,24-26H,9,11,15-23H2,1-5H3. The maximum atomic E-state index is 6.42. The minimum Gasteiger partial charge on any atom is -0.419 e. The number of hydrogen-bond acceptors (Lipinski definition) is 8. The van der Waals surface area contributed by atoms with E-state index in [1.807, 2.05) is 24.3 Å². The Bertz CT molecular complexity index is 1760. The monoisotopic (exact) mass is 654 g/mol. The van der Waals surface area contributed by atoms with Gasteiger partial charge in [0.15, 0.2) is 5.82 Å².